The van der Waals surface area contributed by atoms with Crippen LogP contribution in [0.2, 0.25) is 0 Å². The van der Waals surface area contributed by atoms with E-state index in [1.54, 1.807) is 25.3 Å². The van der Waals surface area contributed by atoms with E-state index in [0.717, 1.165) is 11.3 Å². The first-order valence-electron chi connectivity index (χ1n) is 11.6. The van der Waals surface area contributed by atoms with Crippen LogP contribution in [0.3, 0.4) is 0 Å². The van der Waals surface area contributed by atoms with Crippen molar-refractivity contribution in [2.45, 2.75) is 12.6 Å². The maximum atomic E-state index is 13.7. The van der Waals surface area contributed by atoms with Crippen molar-refractivity contribution in [2.75, 3.05) is 47.6 Å². The lowest BCUT2D eigenvalue weighted by Gasteiger charge is -2.38. The molecule has 0 saturated carbocycles. The largest absolute Gasteiger partial charge is 0.497 e. The van der Waals surface area contributed by atoms with Crippen LogP contribution in [0, 0.1) is 0 Å². The van der Waals surface area contributed by atoms with Crippen LogP contribution >= 0.6 is 0 Å². The summed E-state index contributed by atoms with van der Waals surface area (Å²) in [4.78, 5) is 30.6. The Bertz CT molecular complexity index is 1140. The topological polar surface area (TPSA) is 73.2 Å². The van der Waals surface area contributed by atoms with E-state index in [1.165, 1.54) is 19.1 Å². The predicted molar refractivity (Wildman–Crippen MR) is 132 cm³/mol. The van der Waals surface area contributed by atoms with Gasteiger partial charge in [0.15, 0.2) is 0 Å². The molecule has 0 spiro atoms. The molecule has 184 valence electrons. The molecule has 1 unspecified atom stereocenters. The molecule has 8 heteroatoms. The first-order chi connectivity index (χ1) is 17.0. The molecule has 0 radical (unpaired) electrons. The van der Waals surface area contributed by atoms with E-state index in [9.17, 15) is 9.59 Å². The fourth-order valence-electron chi connectivity index (χ4n) is 4.46. The van der Waals surface area contributed by atoms with Gasteiger partial charge in [0.05, 0.1) is 26.9 Å². The molecule has 0 bridgehead atoms. The number of hydrogen-bond acceptors (Lipinski definition) is 5. The second-order valence-electron chi connectivity index (χ2n) is 8.35. The van der Waals surface area contributed by atoms with E-state index >= 15 is 0 Å². The molecule has 2 heterocycles. The smallest absolute Gasteiger partial charge is 0.254 e. The van der Waals surface area contributed by atoms with E-state index in [1.807, 2.05) is 53.6 Å². The maximum Gasteiger partial charge on any atom is 0.254 e. The van der Waals surface area contributed by atoms with Crippen molar-refractivity contribution in [3.05, 3.63) is 83.7 Å². The molecular weight excluding hydrogens is 446 g/mol. The third kappa shape index (κ3) is 5.33. The molecule has 4 rings (SSSR count). The van der Waals surface area contributed by atoms with Crippen LogP contribution in [0.25, 0.3) is 0 Å². The SMILES string of the molecule is COCCN(CC(=O)N1CCn2cccc2C1c1ccccc1)C(=O)c1cc(OC)cc(OC)c1. The molecule has 0 fully saturated rings. The average Bonchev–Trinajstić information content (AvgIpc) is 3.39. The number of carbonyl (C=O) groups excluding carboxylic acids is 2. The summed E-state index contributed by atoms with van der Waals surface area (Å²) in [5.41, 5.74) is 2.48. The normalized spacial score (nSPS) is 14.8. The Balaban J connectivity index is 1.61. The Morgan fingerprint density at radius 3 is 2.31 bits per heavy atom. The third-order valence-electron chi connectivity index (χ3n) is 6.25. The average molecular weight is 478 g/mol. The minimum absolute atomic E-state index is 0.0637. The summed E-state index contributed by atoms with van der Waals surface area (Å²) in [6, 6.07) is 18.8. The van der Waals surface area contributed by atoms with E-state index in [2.05, 4.69) is 4.57 Å². The summed E-state index contributed by atoms with van der Waals surface area (Å²) in [6.45, 7) is 1.79. The zero-order valence-electron chi connectivity index (χ0n) is 20.3. The number of fused-ring (bicyclic) bond motifs is 1. The van der Waals surface area contributed by atoms with Crippen LogP contribution in [-0.4, -0.2) is 73.8 Å². The van der Waals surface area contributed by atoms with Crippen molar-refractivity contribution in [1.29, 1.82) is 0 Å². The number of ether oxygens (including phenoxy) is 3. The van der Waals surface area contributed by atoms with Crippen molar-refractivity contribution in [2.24, 2.45) is 0 Å². The van der Waals surface area contributed by atoms with Crippen LogP contribution in [0.1, 0.15) is 27.7 Å². The van der Waals surface area contributed by atoms with Crippen molar-refractivity contribution in [1.82, 2.24) is 14.4 Å². The quantitative estimate of drug-likeness (QED) is 0.473. The van der Waals surface area contributed by atoms with Crippen molar-refractivity contribution < 1.29 is 23.8 Å². The van der Waals surface area contributed by atoms with Gasteiger partial charge in [-0.2, -0.15) is 0 Å². The van der Waals surface area contributed by atoms with Gasteiger partial charge in [0.25, 0.3) is 5.91 Å². The number of rotatable bonds is 9. The Morgan fingerprint density at radius 1 is 0.943 bits per heavy atom. The summed E-state index contributed by atoms with van der Waals surface area (Å²) in [5, 5.41) is 0. The summed E-state index contributed by atoms with van der Waals surface area (Å²) >= 11 is 0. The van der Waals surface area contributed by atoms with Crippen LogP contribution in [0.15, 0.2) is 66.9 Å². The van der Waals surface area contributed by atoms with Gasteiger partial charge in [0.2, 0.25) is 5.91 Å². The van der Waals surface area contributed by atoms with Crippen molar-refractivity contribution in [3.8, 4) is 11.5 Å². The summed E-state index contributed by atoms with van der Waals surface area (Å²) in [5.74, 6) is 0.605. The van der Waals surface area contributed by atoms with Crippen LogP contribution in [0.5, 0.6) is 11.5 Å². The Kier molecular flexibility index (Phi) is 7.72. The van der Waals surface area contributed by atoms with E-state index in [0.29, 0.717) is 36.8 Å². The molecule has 0 N–H and O–H groups in total. The monoisotopic (exact) mass is 477 g/mol. The highest BCUT2D eigenvalue weighted by atomic mass is 16.5. The van der Waals surface area contributed by atoms with Gasteiger partial charge in [-0.05, 0) is 29.8 Å². The lowest BCUT2D eigenvalue weighted by atomic mass is 10.00. The maximum absolute atomic E-state index is 13.7. The second kappa shape index (κ2) is 11.1. The molecule has 8 nitrogen and oxygen atoms in total. The van der Waals surface area contributed by atoms with Crippen LogP contribution in [-0.2, 0) is 16.1 Å². The zero-order valence-corrected chi connectivity index (χ0v) is 20.3. The number of aromatic nitrogens is 1. The lowest BCUT2D eigenvalue weighted by Crippen LogP contribution is -2.48. The fourth-order valence-corrected chi connectivity index (χ4v) is 4.46. The van der Waals surface area contributed by atoms with Gasteiger partial charge in [-0.3, -0.25) is 9.59 Å². The Morgan fingerprint density at radius 2 is 1.66 bits per heavy atom. The third-order valence-corrected chi connectivity index (χ3v) is 6.25. The minimum Gasteiger partial charge on any atom is -0.497 e. The van der Waals surface area contributed by atoms with E-state index < -0.39 is 0 Å². The highest BCUT2D eigenvalue weighted by Crippen LogP contribution is 2.32. The molecule has 2 aromatic carbocycles. The molecule has 1 atom stereocenters. The molecule has 0 aliphatic carbocycles. The molecule has 1 aliphatic rings. The number of benzene rings is 2. The van der Waals surface area contributed by atoms with Crippen LogP contribution in [0.4, 0.5) is 0 Å². The predicted octanol–water partition coefficient (Wildman–Crippen LogP) is 3.23. The fraction of sp³-hybridized carbons (Fsp3) is 0.333. The molecule has 2 amide bonds. The molecule has 1 aromatic heterocycles. The van der Waals surface area contributed by atoms with E-state index in [-0.39, 0.29) is 30.9 Å². The first kappa shape index (κ1) is 24.3. The Hall–Kier alpha value is -3.78. The molecule has 35 heavy (non-hydrogen) atoms. The standard InChI is InChI=1S/C27H31N3O5/c1-33-15-14-29(27(32)21-16-22(34-2)18-23(17-21)35-3)19-25(31)30-13-12-28-11-7-10-24(28)26(30)20-8-5-4-6-9-20/h4-11,16-18,26H,12-15,19H2,1-3H3. The minimum atomic E-state index is -0.288. The lowest BCUT2D eigenvalue weighted by molar-refractivity contribution is -0.134. The van der Waals surface area contributed by atoms with E-state index in [4.69, 9.17) is 14.2 Å². The molecule has 0 saturated heterocycles. The number of amides is 2. The van der Waals surface area contributed by atoms with Gasteiger partial charge in [0, 0.05) is 50.3 Å². The molecule has 3 aromatic rings. The van der Waals surface area contributed by atoms with Gasteiger partial charge in [0.1, 0.15) is 18.0 Å². The van der Waals surface area contributed by atoms with Crippen LogP contribution < -0.4 is 9.47 Å². The Labute approximate surface area is 205 Å². The van der Waals surface area contributed by atoms with Gasteiger partial charge in [-0.25, -0.2) is 0 Å². The summed E-state index contributed by atoms with van der Waals surface area (Å²) in [6.07, 6.45) is 2.04. The van der Waals surface area contributed by atoms with Crippen molar-refractivity contribution in [3.63, 3.8) is 0 Å². The first-order valence-corrected chi connectivity index (χ1v) is 11.6. The highest BCUT2D eigenvalue weighted by Gasteiger charge is 2.33. The molecule has 1 aliphatic heterocycles. The summed E-state index contributed by atoms with van der Waals surface area (Å²) in [7, 11) is 4.64. The van der Waals surface area contributed by atoms with Gasteiger partial charge in [-0.1, -0.05) is 30.3 Å². The number of hydrogen-bond donors (Lipinski definition) is 0. The number of nitrogens with zero attached hydrogens (tertiary/aromatic N) is 3. The second-order valence-corrected chi connectivity index (χ2v) is 8.35. The number of carbonyl (C=O) groups is 2. The zero-order chi connectivity index (χ0) is 24.8. The molecular formula is C27H31N3O5. The number of methoxy groups -OCH3 is 3. The van der Waals surface area contributed by atoms with Gasteiger partial charge in [-0.15, -0.1) is 0 Å². The summed E-state index contributed by atoms with van der Waals surface area (Å²) < 4.78 is 18.0. The van der Waals surface area contributed by atoms with Gasteiger partial charge >= 0.3 is 0 Å². The van der Waals surface area contributed by atoms with Gasteiger partial charge < -0.3 is 28.6 Å². The van der Waals surface area contributed by atoms with Crippen molar-refractivity contribution >= 4 is 11.8 Å². The highest BCUT2D eigenvalue weighted by molar-refractivity contribution is 5.97.